The fourth-order valence-electron chi connectivity index (χ4n) is 9.13. The lowest BCUT2D eigenvalue weighted by Crippen LogP contribution is -2.60. The van der Waals surface area contributed by atoms with Crippen molar-refractivity contribution in [2.75, 3.05) is 26.8 Å². The molecule has 1 heterocycles. The minimum Gasteiger partial charge on any atom is -0.493 e. The Bertz CT molecular complexity index is 1190. The molecule has 2 amide bonds. The van der Waals surface area contributed by atoms with Crippen molar-refractivity contribution in [3.63, 3.8) is 0 Å². The maximum absolute atomic E-state index is 13.9. The second-order valence-electron chi connectivity index (χ2n) is 13.6. The Morgan fingerprint density at radius 1 is 1.12 bits per heavy atom. The molecule has 7 rings (SSSR count). The number of methoxy groups -OCH3 is 1. The van der Waals surface area contributed by atoms with Crippen molar-refractivity contribution >= 4 is 11.8 Å². The van der Waals surface area contributed by atoms with Crippen molar-refractivity contribution in [1.82, 2.24) is 10.2 Å². The minimum atomic E-state index is -1.08. The number of carbonyl (C=O) groups is 2. The van der Waals surface area contributed by atoms with Crippen LogP contribution in [0.1, 0.15) is 69.4 Å². The molecular weight excluding hydrogens is 524 g/mol. The highest BCUT2D eigenvalue weighted by atomic mass is 16.5. The van der Waals surface area contributed by atoms with Crippen molar-refractivity contribution < 1.29 is 34.4 Å². The number of fused-ring (bicyclic) bond motifs is 3. The number of amides is 2. The zero-order chi connectivity index (χ0) is 29.1. The SMILES string of the molecule is COc1cc(CO)cc2c1O[C@@H]1[C@@H](O)[C@H](N(CC34CC5CC(CC(C5)C3)C4)C(=O)C(C)C)C=C(C(=O)NCCO)[C@H]21. The van der Waals surface area contributed by atoms with Gasteiger partial charge < -0.3 is 35.0 Å². The maximum atomic E-state index is 13.9. The molecule has 1 aromatic rings. The van der Waals surface area contributed by atoms with E-state index < -0.39 is 24.2 Å². The summed E-state index contributed by atoms with van der Waals surface area (Å²) in [4.78, 5) is 29.4. The predicted octanol–water partition coefficient (Wildman–Crippen LogP) is 2.51. The van der Waals surface area contributed by atoms with Gasteiger partial charge in [-0.3, -0.25) is 9.59 Å². The van der Waals surface area contributed by atoms with Crippen molar-refractivity contribution in [3.05, 3.63) is 34.9 Å². The fraction of sp³-hybridized carbons (Fsp3) is 0.688. The molecule has 5 aliphatic carbocycles. The number of hydrogen-bond acceptors (Lipinski definition) is 7. The van der Waals surface area contributed by atoms with Gasteiger partial charge in [-0.25, -0.2) is 0 Å². The summed E-state index contributed by atoms with van der Waals surface area (Å²) in [5, 5.41) is 34.0. The molecule has 0 unspecified atom stereocenters. The van der Waals surface area contributed by atoms with Crippen LogP contribution >= 0.6 is 0 Å². The van der Waals surface area contributed by atoms with Crippen LogP contribution in [0.3, 0.4) is 0 Å². The molecule has 0 aromatic heterocycles. The molecule has 4 bridgehead atoms. The third-order valence-corrected chi connectivity index (χ3v) is 10.3. The van der Waals surface area contributed by atoms with E-state index in [2.05, 4.69) is 5.32 Å². The molecule has 9 nitrogen and oxygen atoms in total. The molecule has 0 saturated heterocycles. The van der Waals surface area contributed by atoms with Crippen LogP contribution in [0.2, 0.25) is 0 Å². The molecule has 4 saturated carbocycles. The smallest absolute Gasteiger partial charge is 0.247 e. The van der Waals surface area contributed by atoms with Gasteiger partial charge in [0.1, 0.15) is 12.2 Å². The molecule has 9 heteroatoms. The summed E-state index contributed by atoms with van der Waals surface area (Å²) in [5.41, 5.74) is 1.70. The van der Waals surface area contributed by atoms with Gasteiger partial charge in [0.15, 0.2) is 11.5 Å². The first-order valence-electron chi connectivity index (χ1n) is 15.2. The number of aliphatic hydroxyl groups is 3. The number of ether oxygens (including phenoxy) is 2. The number of nitrogens with one attached hydrogen (secondary N) is 1. The Labute approximate surface area is 241 Å². The van der Waals surface area contributed by atoms with Crippen molar-refractivity contribution in [2.24, 2.45) is 29.1 Å². The molecule has 224 valence electrons. The van der Waals surface area contributed by atoms with Crippen molar-refractivity contribution in [2.45, 2.75) is 83.1 Å². The van der Waals surface area contributed by atoms with Crippen molar-refractivity contribution in [3.8, 4) is 11.5 Å². The molecule has 4 N–H and O–H groups in total. The first kappa shape index (κ1) is 28.5. The summed E-state index contributed by atoms with van der Waals surface area (Å²) in [5.74, 6) is 1.70. The molecule has 0 spiro atoms. The standard InChI is InChI=1S/C32H44N2O7/c1-17(2)31(39)34(16-32-12-18-6-19(13-32)8-20(7-18)14-32)24-11-23(30(38)33-4-5-35)26-22-9-21(15-36)10-25(40-3)28(22)41-29(26)27(24)37/h9-11,17-20,24,26-27,29,35-37H,4-8,12-16H2,1-3H3,(H,33,38)/t18?,19?,20?,24-,26+,27+,29+,32?/m1/s1. The molecule has 6 aliphatic rings. The Balaban J connectivity index is 1.41. The van der Waals surface area contributed by atoms with E-state index in [4.69, 9.17) is 9.47 Å². The zero-order valence-electron chi connectivity index (χ0n) is 24.3. The average molecular weight is 569 g/mol. The molecule has 1 aromatic carbocycles. The molecule has 4 fully saturated rings. The Morgan fingerprint density at radius 3 is 2.34 bits per heavy atom. The van der Waals surface area contributed by atoms with E-state index >= 15 is 0 Å². The van der Waals surface area contributed by atoms with E-state index in [1.54, 1.807) is 18.2 Å². The van der Waals surface area contributed by atoms with Gasteiger partial charge in [0.25, 0.3) is 0 Å². The van der Waals surface area contributed by atoms with Crippen LogP contribution in [-0.4, -0.2) is 77.1 Å². The lowest BCUT2D eigenvalue weighted by molar-refractivity contribution is -0.148. The summed E-state index contributed by atoms with van der Waals surface area (Å²) in [6.45, 7) is 3.99. The second kappa shape index (κ2) is 10.9. The summed E-state index contributed by atoms with van der Waals surface area (Å²) < 4.78 is 11.9. The van der Waals surface area contributed by atoms with Gasteiger partial charge in [0, 0.05) is 30.1 Å². The van der Waals surface area contributed by atoms with Gasteiger partial charge in [-0.2, -0.15) is 0 Å². The highest BCUT2D eigenvalue weighted by Gasteiger charge is 2.55. The highest BCUT2D eigenvalue weighted by Crippen LogP contribution is 2.60. The van der Waals surface area contributed by atoms with Crippen LogP contribution < -0.4 is 14.8 Å². The van der Waals surface area contributed by atoms with Crippen molar-refractivity contribution in [1.29, 1.82) is 0 Å². The van der Waals surface area contributed by atoms with Gasteiger partial charge in [-0.05, 0) is 85.5 Å². The van der Waals surface area contributed by atoms with E-state index in [0.29, 0.717) is 52.5 Å². The van der Waals surface area contributed by atoms with E-state index in [1.165, 1.54) is 26.4 Å². The van der Waals surface area contributed by atoms with Gasteiger partial charge in [0.2, 0.25) is 11.8 Å². The fourth-order valence-corrected chi connectivity index (χ4v) is 9.13. The largest absolute Gasteiger partial charge is 0.493 e. The quantitative estimate of drug-likeness (QED) is 0.360. The van der Waals surface area contributed by atoms with Crippen LogP contribution in [0.25, 0.3) is 0 Å². The zero-order valence-corrected chi connectivity index (χ0v) is 24.3. The molecule has 4 atom stereocenters. The predicted molar refractivity (Wildman–Crippen MR) is 151 cm³/mol. The minimum absolute atomic E-state index is 0.0368. The summed E-state index contributed by atoms with van der Waals surface area (Å²) >= 11 is 0. The molecule has 41 heavy (non-hydrogen) atoms. The van der Waals surface area contributed by atoms with Gasteiger partial charge in [-0.15, -0.1) is 0 Å². The topological polar surface area (TPSA) is 129 Å². The van der Waals surface area contributed by atoms with E-state index in [9.17, 15) is 24.9 Å². The first-order valence-corrected chi connectivity index (χ1v) is 15.2. The number of carbonyl (C=O) groups excluding carboxylic acids is 2. The highest BCUT2D eigenvalue weighted by molar-refractivity contribution is 5.96. The average Bonchev–Trinajstić information content (AvgIpc) is 3.33. The Hall–Kier alpha value is -2.62. The number of rotatable bonds is 9. The van der Waals surface area contributed by atoms with E-state index in [-0.39, 0.29) is 42.9 Å². The Morgan fingerprint density at radius 2 is 1.78 bits per heavy atom. The van der Waals surface area contributed by atoms with E-state index in [1.807, 2.05) is 18.7 Å². The Kier molecular flexibility index (Phi) is 7.57. The number of nitrogens with zero attached hydrogens (tertiary/aromatic N) is 1. The summed E-state index contributed by atoms with van der Waals surface area (Å²) in [7, 11) is 1.51. The van der Waals surface area contributed by atoms with Gasteiger partial charge in [-0.1, -0.05) is 13.8 Å². The third kappa shape index (κ3) is 4.93. The number of benzene rings is 1. The summed E-state index contributed by atoms with van der Waals surface area (Å²) in [6.07, 6.45) is 7.10. The van der Waals surface area contributed by atoms with Gasteiger partial charge >= 0.3 is 0 Å². The maximum Gasteiger partial charge on any atom is 0.247 e. The normalized spacial score (nSPS) is 34.5. The lowest BCUT2D eigenvalue weighted by atomic mass is 9.49. The molecule has 0 radical (unpaired) electrons. The van der Waals surface area contributed by atoms with Crippen LogP contribution in [0.5, 0.6) is 11.5 Å². The molecular formula is C32H44N2O7. The second-order valence-corrected chi connectivity index (χ2v) is 13.6. The number of aliphatic hydroxyl groups excluding tert-OH is 3. The lowest BCUT2D eigenvalue weighted by Gasteiger charge is -2.58. The number of hydrogen-bond donors (Lipinski definition) is 4. The van der Waals surface area contributed by atoms with Crippen LogP contribution in [-0.2, 0) is 16.2 Å². The van der Waals surface area contributed by atoms with Gasteiger partial charge in [0.05, 0.1) is 32.3 Å². The van der Waals surface area contributed by atoms with Crippen LogP contribution in [0.15, 0.2) is 23.8 Å². The van der Waals surface area contributed by atoms with Crippen LogP contribution in [0.4, 0.5) is 0 Å². The van der Waals surface area contributed by atoms with E-state index in [0.717, 1.165) is 19.3 Å². The third-order valence-electron chi connectivity index (χ3n) is 10.3. The van der Waals surface area contributed by atoms with Crippen LogP contribution in [0, 0.1) is 29.1 Å². The summed E-state index contributed by atoms with van der Waals surface area (Å²) in [6, 6.07) is 2.73. The molecule has 1 aliphatic heterocycles. The monoisotopic (exact) mass is 568 g/mol. The first-order chi connectivity index (χ1) is 19.7.